The number of hydrogen-bond acceptors (Lipinski definition) is 3. The van der Waals surface area contributed by atoms with Crippen LogP contribution in [0.5, 0.6) is 0 Å². The van der Waals surface area contributed by atoms with Crippen molar-refractivity contribution in [1.82, 2.24) is 4.90 Å². The van der Waals surface area contributed by atoms with Gasteiger partial charge in [0.1, 0.15) is 0 Å². The van der Waals surface area contributed by atoms with Crippen molar-refractivity contribution in [3.05, 3.63) is 0 Å². The summed E-state index contributed by atoms with van der Waals surface area (Å²) in [6, 6.07) is 0.425. The molecular formula is C8H17NOS. The summed E-state index contributed by atoms with van der Waals surface area (Å²) in [5, 5.41) is 9.03. The summed E-state index contributed by atoms with van der Waals surface area (Å²) in [7, 11) is 0. The molecule has 11 heavy (non-hydrogen) atoms. The number of nitrogens with zero attached hydrogens (tertiary/aromatic N) is 1. The molecule has 0 aromatic heterocycles. The molecule has 1 rings (SSSR count). The summed E-state index contributed by atoms with van der Waals surface area (Å²) in [5.41, 5.74) is 0. The summed E-state index contributed by atoms with van der Waals surface area (Å²) in [5.74, 6) is 2.34. The van der Waals surface area contributed by atoms with Gasteiger partial charge in [-0.2, -0.15) is 11.8 Å². The van der Waals surface area contributed by atoms with E-state index in [4.69, 9.17) is 5.11 Å². The molecule has 0 spiro atoms. The van der Waals surface area contributed by atoms with Gasteiger partial charge in [-0.05, 0) is 13.0 Å². The van der Waals surface area contributed by atoms with Crippen molar-refractivity contribution in [2.45, 2.75) is 19.4 Å². The molecule has 0 bridgehead atoms. The quantitative estimate of drug-likeness (QED) is 0.686. The molecule has 0 saturated carbocycles. The van der Waals surface area contributed by atoms with E-state index in [-0.39, 0.29) is 0 Å². The van der Waals surface area contributed by atoms with Crippen molar-refractivity contribution in [2.75, 3.05) is 31.2 Å². The van der Waals surface area contributed by atoms with E-state index in [1.807, 2.05) is 11.8 Å². The van der Waals surface area contributed by atoms with Gasteiger partial charge in [-0.3, -0.25) is 4.90 Å². The second-order valence-electron chi connectivity index (χ2n) is 2.95. The topological polar surface area (TPSA) is 23.5 Å². The maximum Gasteiger partial charge on any atom is 0.0594 e. The van der Waals surface area contributed by atoms with Crippen LogP contribution >= 0.6 is 11.8 Å². The molecule has 66 valence electrons. The summed E-state index contributed by atoms with van der Waals surface area (Å²) >= 11 is 1.96. The van der Waals surface area contributed by atoms with Gasteiger partial charge >= 0.3 is 0 Å². The van der Waals surface area contributed by atoms with E-state index in [0.29, 0.717) is 12.6 Å². The maximum atomic E-state index is 9.03. The highest BCUT2D eigenvalue weighted by molar-refractivity contribution is 7.99. The average molecular weight is 175 g/mol. The number of hydrogen-bond donors (Lipinski definition) is 1. The van der Waals surface area contributed by atoms with Crippen LogP contribution in [0.2, 0.25) is 0 Å². The molecule has 0 amide bonds. The molecule has 1 aliphatic heterocycles. The van der Waals surface area contributed by atoms with Crippen LogP contribution in [0.4, 0.5) is 0 Å². The van der Waals surface area contributed by atoms with Crippen LogP contribution in [0.3, 0.4) is 0 Å². The molecule has 0 aromatic rings. The minimum Gasteiger partial charge on any atom is -0.395 e. The average Bonchev–Trinajstić information content (AvgIpc) is 2.06. The highest BCUT2D eigenvalue weighted by Gasteiger charge is 2.20. The van der Waals surface area contributed by atoms with Gasteiger partial charge in [0.05, 0.1) is 6.61 Å². The molecule has 1 atom stereocenters. The van der Waals surface area contributed by atoms with Crippen molar-refractivity contribution in [3.8, 4) is 0 Å². The Labute approximate surface area is 73.0 Å². The molecule has 1 fully saturated rings. The Balaban J connectivity index is 2.31. The first-order chi connectivity index (χ1) is 5.38. The van der Waals surface area contributed by atoms with Crippen molar-refractivity contribution in [1.29, 1.82) is 0 Å². The minimum absolute atomic E-state index is 0.326. The third-order valence-electron chi connectivity index (χ3n) is 2.07. The van der Waals surface area contributed by atoms with Gasteiger partial charge < -0.3 is 5.11 Å². The Morgan fingerprint density at radius 1 is 1.64 bits per heavy atom. The zero-order valence-electron chi connectivity index (χ0n) is 7.12. The lowest BCUT2D eigenvalue weighted by Gasteiger charge is -2.33. The Kier molecular flexibility index (Phi) is 4.26. The van der Waals surface area contributed by atoms with Gasteiger partial charge in [-0.25, -0.2) is 0 Å². The van der Waals surface area contributed by atoms with E-state index in [1.54, 1.807) is 0 Å². The van der Waals surface area contributed by atoms with E-state index >= 15 is 0 Å². The van der Waals surface area contributed by atoms with Gasteiger partial charge in [0.25, 0.3) is 0 Å². The Bertz CT molecular complexity index is 108. The molecule has 2 nitrogen and oxygen atoms in total. The first kappa shape index (κ1) is 9.36. The second-order valence-corrected chi connectivity index (χ2v) is 4.10. The van der Waals surface area contributed by atoms with Crippen LogP contribution in [0.25, 0.3) is 0 Å². The Morgan fingerprint density at radius 2 is 2.45 bits per heavy atom. The normalized spacial score (nSPS) is 27.3. The number of thioether (sulfide) groups is 1. The summed E-state index contributed by atoms with van der Waals surface area (Å²) in [6.07, 6.45) is 1.20. The van der Waals surface area contributed by atoms with Crippen LogP contribution in [0.1, 0.15) is 13.3 Å². The molecule has 0 radical (unpaired) electrons. The van der Waals surface area contributed by atoms with Gasteiger partial charge in [0.15, 0.2) is 0 Å². The lowest BCUT2D eigenvalue weighted by molar-refractivity contribution is 0.140. The number of aliphatic hydroxyl groups excluding tert-OH is 1. The van der Waals surface area contributed by atoms with Crippen LogP contribution < -0.4 is 0 Å². The molecule has 3 heteroatoms. The van der Waals surface area contributed by atoms with Crippen molar-refractivity contribution >= 4 is 11.8 Å². The standard InChI is InChI=1S/C8H17NOS/c1-2-3-9-4-5-11-7-8(9)6-10/h8,10H,2-7H2,1H3. The maximum absolute atomic E-state index is 9.03. The summed E-state index contributed by atoms with van der Waals surface area (Å²) < 4.78 is 0. The minimum atomic E-state index is 0.326. The van der Waals surface area contributed by atoms with Crippen molar-refractivity contribution < 1.29 is 5.11 Å². The van der Waals surface area contributed by atoms with Crippen LogP contribution in [0.15, 0.2) is 0 Å². The van der Waals surface area contributed by atoms with E-state index < -0.39 is 0 Å². The Morgan fingerprint density at radius 3 is 3.09 bits per heavy atom. The van der Waals surface area contributed by atoms with Gasteiger partial charge in [-0.1, -0.05) is 6.92 Å². The fourth-order valence-electron chi connectivity index (χ4n) is 1.44. The van der Waals surface area contributed by atoms with E-state index in [0.717, 1.165) is 18.8 Å². The van der Waals surface area contributed by atoms with Crippen molar-refractivity contribution in [3.63, 3.8) is 0 Å². The summed E-state index contributed by atoms with van der Waals surface area (Å²) in [6.45, 7) is 4.82. The lowest BCUT2D eigenvalue weighted by Crippen LogP contribution is -2.44. The van der Waals surface area contributed by atoms with Crippen LogP contribution in [0, 0.1) is 0 Å². The van der Waals surface area contributed by atoms with E-state index in [9.17, 15) is 0 Å². The Hall–Kier alpha value is 0.270. The van der Waals surface area contributed by atoms with Gasteiger partial charge in [0.2, 0.25) is 0 Å². The van der Waals surface area contributed by atoms with E-state index in [1.165, 1.54) is 12.2 Å². The first-order valence-corrected chi connectivity index (χ1v) is 5.46. The third kappa shape index (κ3) is 2.65. The molecule has 1 saturated heterocycles. The predicted molar refractivity (Wildman–Crippen MR) is 50.1 cm³/mol. The monoisotopic (exact) mass is 175 g/mol. The highest BCUT2D eigenvalue weighted by atomic mass is 32.2. The molecule has 1 heterocycles. The van der Waals surface area contributed by atoms with Crippen LogP contribution in [-0.2, 0) is 0 Å². The largest absolute Gasteiger partial charge is 0.395 e. The second kappa shape index (κ2) is 5.01. The van der Waals surface area contributed by atoms with Crippen molar-refractivity contribution in [2.24, 2.45) is 0 Å². The molecular weight excluding hydrogens is 158 g/mol. The molecule has 1 N–H and O–H groups in total. The first-order valence-electron chi connectivity index (χ1n) is 4.31. The van der Waals surface area contributed by atoms with Crippen LogP contribution in [-0.4, -0.2) is 47.3 Å². The third-order valence-corrected chi connectivity index (χ3v) is 3.16. The van der Waals surface area contributed by atoms with Gasteiger partial charge in [0, 0.05) is 24.1 Å². The fourth-order valence-corrected chi connectivity index (χ4v) is 2.56. The SMILES string of the molecule is CCCN1CCSCC1CO. The number of rotatable bonds is 3. The molecule has 0 aromatic carbocycles. The van der Waals surface area contributed by atoms with E-state index in [2.05, 4.69) is 11.8 Å². The molecule has 1 unspecified atom stereocenters. The molecule has 1 aliphatic rings. The zero-order valence-corrected chi connectivity index (χ0v) is 7.94. The molecule has 0 aliphatic carbocycles. The fraction of sp³-hybridized carbons (Fsp3) is 1.00. The summed E-state index contributed by atoms with van der Waals surface area (Å²) in [4.78, 5) is 2.40. The smallest absolute Gasteiger partial charge is 0.0594 e. The zero-order chi connectivity index (χ0) is 8.10. The highest BCUT2D eigenvalue weighted by Crippen LogP contribution is 2.15. The number of aliphatic hydroxyl groups is 1. The predicted octanol–water partition coefficient (Wildman–Crippen LogP) is 0.806. The lowest BCUT2D eigenvalue weighted by atomic mass is 10.2. The van der Waals surface area contributed by atoms with Gasteiger partial charge in [-0.15, -0.1) is 0 Å².